The Kier molecular flexibility index (Phi) is 5.39. The summed E-state index contributed by atoms with van der Waals surface area (Å²) in [7, 11) is 0. The second kappa shape index (κ2) is 8.09. The monoisotopic (exact) mass is 477 g/mol. The molecule has 0 spiro atoms. The zero-order valence-corrected chi connectivity index (χ0v) is 16.8. The van der Waals surface area contributed by atoms with Crippen LogP contribution in [-0.2, 0) is 9.16 Å². The van der Waals surface area contributed by atoms with Crippen molar-refractivity contribution in [1.82, 2.24) is 19.7 Å². The van der Waals surface area contributed by atoms with Crippen LogP contribution < -0.4 is 16.0 Å². The zero-order valence-electron chi connectivity index (χ0n) is 14.7. The molecular weight excluding hydrogens is 457 g/mol. The molecule has 27 heavy (non-hydrogen) atoms. The molecule has 0 amide bonds. The first-order valence-corrected chi connectivity index (χ1v) is 10.2. The number of benzene rings is 1. The normalized spacial score (nSPS) is 14.3. The van der Waals surface area contributed by atoms with E-state index in [1.54, 1.807) is 6.20 Å². The fourth-order valence-corrected chi connectivity index (χ4v) is 3.61. The van der Waals surface area contributed by atoms with Gasteiger partial charge >= 0.3 is 0 Å². The highest BCUT2D eigenvalue weighted by atomic mass is 127. The summed E-state index contributed by atoms with van der Waals surface area (Å²) < 4.78 is 7.83. The molecule has 3 aromatic rings. The van der Waals surface area contributed by atoms with Crippen LogP contribution in [0.3, 0.4) is 0 Å². The van der Waals surface area contributed by atoms with Crippen molar-refractivity contribution in [2.45, 2.75) is 4.43 Å². The molecule has 4 rings (SSSR count). The molecule has 1 saturated heterocycles. The average molecular weight is 477 g/mol. The van der Waals surface area contributed by atoms with Gasteiger partial charge in [0.05, 0.1) is 13.2 Å². The topological polar surface area (TPSA) is 94.1 Å². The number of anilines is 4. The lowest BCUT2D eigenvalue weighted by atomic mass is 10.1. The molecule has 0 bridgehead atoms. The van der Waals surface area contributed by atoms with Crippen LogP contribution in [0, 0.1) is 0 Å². The number of aromatic nitrogens is 4. The number of nitrogens with one attached hydrogen (secondary N) is 1. The number of hydrogen-bond donors (Lipinski definition) is 2. The van der Waals surface area contributed by atoms with Crippen molar-refractivity contribution in [3.05, 3.63) is 48.2 Å². The van der Waals surface area contributed by atoms with E-state index in [9.17, 15) is 0 Å². The Labute approximate surface area is 170 Å². The van der Waals surface area contributed by atoms with Crippen molar-refractivity contribution in [3.63, 3.8) is 0 Å². The second-order valence-corrected chi connectivity index (χ2v) is 6.86. The Hall–Kier alpha value is -2.40. The molecular formula is C18H20IN7O. The number of nitrogen functional groups attached to an aromatic ring is 1. The highest BCUT2D eigenvalue weighted by molar-refractivity contribution is 14.1. The van der Waals surface area contributed by atoms with Gasteiger partial charge in [-0.15, -0.1) is 5.10 Å². The number of rotatable bonds is 5. The molecule has 0 atom stereocenters. The molecule has 9 heteroatoms. The molecule has 0 saturated carbocycles. The smallest absolute Gasteiger partial charge is 0.248 e. The summed E-state index contributed by atoms with van der Waals surface area (Å²) >= 11 is 2.37. The van der Waals surface area contributed by atoms with Crippen LogP contribution in [0.15, 0.2) is 42.6 Å². The number of nitrogens with zero attached hydrogens (tertiary/aromatic N) is 5. The molecule has 0 unspecified atom stereocenters. The van der Waals surface area contributed by atoms with Gasteiger partial charge in [0.1, 0.15) is 0 Å². The number of nitrogens with two attached hydrogens (primary N) is 1. The summed E-state index contributed by atoms with van der Waals surface area (Å²) in [5, 5.41) is 7.73. The number of halogens is 1. The molecule has 140 valence electrons. The minimum atomic E-state index is 0.289. The Morgan fingerprint density at radius 1 is 1.19 bits per heavy atom. The number of hydrogen-bond acceptors (Lipinski definition) is 7. The van der Waals surface area contributed by atoms with Gasteiger partial charge in [-0.25, -0.2) is 4.98 Å². The first kappa shape index (κ1) is 18.0. The third kappa shape index (κ3) is 3.98. The van der Waals surface area contributed by atoms with E-state index in [1.807, 2.05) is 18.2 Å². The van der Waals surface area contributed by atoms with Crippen molar-refractivity contribution in [1.29, 1.82) is 0 Å². The molecule has 2 aromatic heterocycles. The fourth-order valence-electron chi connectivity index (χ4n) is 2.98. The highest BCUT2D eigenvalue weighted by Crippen LogP contribution is 2.28. The van der Waals surface area contributed by atoms with Gasteiger partial charge in [0.25, 0.3) is 0 Å². The van der Waals surface area contributed by atoms with Crippen LogP contribution in [0.2, 0.25) is 0 Å². The number of ether oxygens (including phenoxy) is 1. The predicted octanol–water partition coefficient (Wildman–Crippen LogP) is 2.76. The molecule has 1 fully saturated rings. The highest BCUT2D eigenvalue weighted by Gasteiger charge is 2.15. The average Bonchev–Trinajstić information content (AvgIpc) is 3.09. The summed E-state index contributed by atoms with van der Waals surface area (Å²) in [4.78, 5) is 10.9. The van der Waals surface area contributed by atoms with Crippen molar-refractivity contribution in [2.75, 3.05) is 42.3 Å². The summed E-state index contributed by atoms with van der Waals surface area (Å²) in [6.07, 6.45) is 1.70. The maximum absolute atomic E-state index is 6.01. The summed E-state index contributed by atoms with van der Waals surface area (Å²) in [5.74, 6) is 1.37. The van der Waals surface area contributed by atoms with Crippen LogP contribution in [0.5, 0.6) is 0 Å². The fraction of sp³-hybridized carbons (Fsp3) is 0.278. The van der Waals surface area contributed by atoms with Crippen LogP contribution in [0.25, 0.3) is 5.82 Å². The lowest BCUT2D eigenvalue weighted by Crippen LogP contribution is -2.36. The van der Waals surface area contributed by atoms with E-state index in [2.05, 4.69) is 66.1 Å². The summed E-state index contributed by atoms with van der Waals surface area (Å²) in [6.45, 7) is 3.38. The second-order valence-electron chi connectivity index (χ2n) is 6.09. The van der Waals surface area contributed by atoms with Crippen LogP contribution >= 0.6 is 22.6 Å². The number of morpholine rings is 1. The maximum atomic E-state index is 6.01. The van der Waals surface area contributed by atoms with Crippen molar-refractivity contribution in [3.8, 4) is 5.82 Å². The minimum absolute atomic E-state index is 0.289. The Morgan fingerprint density at radius 2 is 2.04 bits per heavy atom. The van der Waals surface area contributed by atoms with Gasteiger partial charge < -0.3 is 20.7 Å². The van der Waals surface area contributed by atoms with Crippen LogP contribution in [-0.4, -0.2) is 46.1 Å². The van der Waals surface area contributed by atoms with Crippen LogP contribution in [0.1, 0.15) is 5.56 Å². The van der Waals surface area contributed by atoms with E-state index < -0.39 is 0 Å². The van der Waals surface area contributed by atoms with E-state index in [1.165, 1.54) is 15.9 Å². The maximum Gasteiger partial charge on any atom is 0.248 e. The lowest BCUT2D eigenvalue weighted by molar-refractivity contribution is 0.122. The lowest BCUT2D eigenvalue weighted by Gasteiger charge is -2.29. The van der Waals surface area contributed by atoms with Crippen molar-refractivity contribution < 1.29 is 4.74 Å². The van der Waals surface area contributed by atoms with Gasteiger partial charge in [-0.05, 0) is 35.9 Å². The SMILES string of the molecule is Nc1nc(Nc2ccc(N3CCOCC3)cc2CI)nn1-c1ccccn1. The van der Waals surface area contributed by atoms with Crippen molar-refractivity contribution in [2.24, 2.45) is 0 Å². The van der Waals surface area contributed by atoms with E-state index in [-0.39, 0.29) is 5.95 Å². The van der Waals surface area contributed by atoms with Crippen LogP contribution in [0.4, 0.5) is 23.3 Å². The van der Waals surface area contributed by atoms with Gasteiger partial charge in [-0.2, -0.15) is 9.67 Å². The van der Waals surface area contributed by atoms with E-state index in [0.717, 1.165) is 36.4 Å². The molecule has 0 radical (unpaired) electrons. The molecule has 1 aliphatic rings. The third-order valence-electron chi connectivity index (χ3n) is 4.35. The molecule has 1 aromatic carbocycles. The molecule has 3 N–H and O–H groups in total. The molecule has 8 nitrogen and oxygen atoms in total. The third-order valence-corrected chi connectivity index (χ3v) is 5.18. The standard InChI is InChI=1S/C18H20IN7O/c19-12-13-11-14(25-7-9-27-10-8-25)4-5-15(13)22-18-23-17(20)26(24-18)16-3-1-2-6-21-16/h1-6,11H,7-10,12H2,(H3,20,22,23,24). The van der Waals surface area contributed by atoms with Gasteiger partial charge in [-0.1, -0.05) is 28.7 Å². The summed E-state index contributed by atoms with van der Waals surface area (Å²) in [5.41, 5.74) is 9.38. The summed E-state index contributed by atoms with van der Waals surface area (Å²) in [6, 6.07) is 12.0. The first-order chi connectivity index (χ1) is 13.2. The van der Waals surface area contributed by atoms with Crippen molar-refractivity contribution >= 4 is 45.9 Å². The largest absolute Gasteiger partial charge is 0.378 e. The quantitative estimate of drug-likeness (QED) is 0.431. The van der Waals surface area contributed by atoms with Gasteiger partial charge in [0, 0.05) is 35.1 Å². The molecule has 3 heterocycles. The predicted molar refractivity (Wildman–Crippen MR) is 114 cm³/mol. The van der Waals surface area contributed by atoms with E-state index in [4.69, 9.17) is 10.5 Å². The van der Waals surface area contributed by atoms with Gasteiger partial charge in [0.2, 0.25) is 11.9 Å². The Morgan fingerprint density at radius 3 is 2.78 bits per heavy atom. The Bertz CT molecular complexity index is 909. The number of pyridine rings is 1. The Balaban J connectivity index is 1.57. The van der Waals surface area contributed by atoms with Gasteiger partial charge in [-0.3, -0.25) is 0 Å². The number of alkyl halides is 1. The van der Waals surface area contributed by atoms with E-state index >= 15 is 0 Å². The first-order valence-electron chi connectivity index (χ1n) is 8.67. The van der Waals surface area contributed by atoms with Gasteiger partial charge in [0.15, 0.2) is 5.82 Å². The minimum Gasteiger partial charge on any atom is -0.378 e. The zero-order chi connectivity index (χ0) is 18.6. The molecule has 1 aliphatic heterocycles. The molecule has 0 aliphatic carbocycles. The van der Waals surface area contributed by atoms with E-state index in [0.29, 0.717) is 11.8 Å².